The second-order valence-electron chi connectivity index (χ2n) is 2.55. The molecule has 0 aliphatic carbocycles. The van der Waals surface area contributed by atoms with Crippen LogP contribution >= 0.6 is 0 Å². The smallest absolute Gasteiger partial charge is 0.147 e. The molecule has 1 aromatic heterocycles. The number of aryl methyl sites for hydroxylation is 1. The minimum atomic E-state index is 0.0497. The van der Waals surface area contributed by atoms with Gasteiger partial charge in [-0.05, 0) is 26.3 Å². The van der Waals surface area contributed by atoms with E-state index in [0.717, 1.165) is 12.2 Å². The fourth-order valence-corrected chi connectivity index (χ4v) is 0.949. The zero-order chi connectivity index (χ0) is 8.27. The zero-order valence-corrected chi connectivity index (χ0v) is 7.24. The highest BCUT2D eigenvalue weighted by Gasteiger charge is 2.02. The third kappa shape index (κ3) is 2.05. The molecule has 1 aromatic rings. The summed E-state index contributed by atoms with van der Waals surface area (Å²) >= 11 is 0. The molecule has 0 saturated carbocycles. The summed E-state index contributed by atoms with van der Waals surface area (Å²) in [5, 5.41) is 4.13. The van der Waals surface area contributed by atoms with Gasteiger partial charge in [-0.1, -0.05) is 0 Å². The maximum atomic E-state index is 5.34. The van der Waals surface area contributed by atoms with E-state index in [0.29, 0.717) is 0 Å². The van der Waals surface area contributed by atoms with Crippen molar-refractivity contribution in [1.29, 1.82) is 0 Å². The van der Waals surface area contributed by atoms with E-state index in [-0.39, 0.29) is 6.23 Å². The van der Waals surface area contributed by atoms with E-state index in [2.05, 4.69) is 5.10 Å². The van der Waals surface area contributed by atoms with Gasteiger partial charge in [-0.25, -0.2) is 4.68 Å². The highest BCUT2D eigenvalue weighted by molar-refractivity contribution is 4.99. The second kappa shape index (κ2) is 3.53. The quantitative estimate of drug-likeness (QED) is 0.663. The first kappa shape index (κ1) is 8.27. The van der Waals surface area contributed by atoms with Crippen LogP contribution in [-0.2, 0) is 4.74 Å². The van der Waals surface area contributed by atoms with Crippen molar-refractivity contribution in [3.63, 3.8) is 0 Å². The number of rotatable bonds is 3. The van der Waals surface area contributed by atoms with Gasteiger partial charge in [0.2, 0.25) is 0 Å². The van der Waals surface area contributed by atoms with Crippen LogP contribution in [0.25, 0.3) is 0 Å². The van der Waals surface area contributed by atoms with E-state index < -0.39 is 0 Å². The molecule has 0 aromatic carbocycles. The average Bonchev–Trinajstić information content (AvgIpc) is 2.36. The first-order valence-corrected chi connectivity index (χ1v) is 3.86. The Balaban J connectivity index is 2.60. The van der Waals surface area contributed by atoms with Crippen LogP contribution in [0.5, 0.6) is 0 Å². The first-order valence-electron chi connectivity index (χ1n) is 3.86. The molecule has 3 heteroatoms. The Hall–Kier alpha value is -0.830. The third-order valence-corrected chi connectivity index (χ3v) is 1.51. The average molecular weight is 154 g/mol. The molecule has 1 rings (SSSR count). The number of nitrogens with zero attached hydrogens (tertiary/aromatic N) is 2. The van der Waals surface area contributed by atoms with E-state index in [1.807, 2.05) is 37.8 Å². The van der Waals surface area contributed by atoms with Gasteiger partial charge in [0.1, 0.15) is 6.23 Å². The van der Waals surface area contributed by atoms with Crippen LogP contribution in [0.2, 0.25) is 0 Å². The van der Waals surface area contributed by atoms with Crippen molar-refractivity contribution in [3.05, 3.63) is 18.0 Å². The van der Waals surface area contributed by atoms with Gasteiger partial charge in [-0.3, -0.25) is 0 Å². The largest absolute Gasteiger partial charge is 0.357 e. The molecule has 62 valence electrons. The van der Waals surface area contributed by atoms with E-state index in [1.165, 1.54) is 0 Å². The van der Waals surface area contributed by atoms with E-state index in [1.54, 1.807) is 0 Å². The highest BCUT2D eigenvalue weighted by Crippen LogP contribution is 2.06. The lowest BCUT2D eigenvalue weighted by Crippen LogP contribution is -2.09. The van der Waals surface area contributed by atoms with Crippen molar-refractivity contribution in [2.24, 2.45) is 0 Å². The molecule has 0 N–H and O–H groups in total. The Bertz CT molecular complexity index is 220. The molecule has 0 aliphatic heterocycles. The molecular formula is C8H14N2O. The fourth-order valence-electron chi connectivity index (χ4n) is 0.949. The number of aromatic nitrogens is 2. The Morgan fingerprint density at radius 3 is 2.91 bits per heavy atom. The molecule has 0 aliphatic rings. The van der Waals surface area contributed by atoms with Gasteiger partial charge in [0.05, 0.1) is 6.20 Å². The normalized spacial score (nSPS) is 13.4. The van der Waals surface area contributed by atoms with Crippen molar-refractivity contribution in [2.75, 3.05) is 6.61 Å². The fraction of sp³-hybridized carbons (Fsp3) is 0.625. The summed E-state index contributed by atoms with van der Waals surface area (Å²) in [6.07, 6.45) is 3.85. The number of hydrogen-bond donors (Lipinski definition) is 0. The summed E-state index contributed by atoms with van der Waals surface area (Å²) < 4.78 is 7.16. The summed E-state index contributed by atoms with van der Waals surface area (Å²) in [5.74, 6) is 0. The molecule has 0 bridgehead atoms. The lowest BCUT2D eigenvalue weighted by molar-refractivity contribution is 0.0159. The number of ether oxygens (including phenoxy) is 1. The summed E-state index contributed by atoms with van der Waals surface area (Å²) in [6.45, 7) is 6.70. The van der Waals surface area contributed by atoms with Crippen LogP contribution in [0.15, 0.2) is 12.4 Å². The third-order valence-electron chi connectivity index (χ3n) is 1.51. The van der Waals surface area contributed by atoms with Crippen LogP contribution in [0.3, 0.4) is 0 Å². The van der Waals surface area contributed by atoms with Crippen molar-refractivity contribution in [1.82, 2.24) is 9.78 Å². The summed E-state index contributed by atoms with van der Waals surface area (Å²) in [4.78, 5) is 0. The van der Waals surface area contributed by atoms with Crippen molar-refractivity contribution >= 4 is 0 Å². The predicted molar refractivity (Wildman–Crippen MR) is 43.3 cm³/mol. The van der Waals surface area contributed by atoms with Gasteiger partial charge >= 0.3 is 0 Å². The Morgan fingerprint density at radius 1 is 1.73 bits per heavy atom. The number of hydrogen-bond acceptors (Lipinski definition) is 2. The van der Waals surface area contributed by atoms with Gasteiger partial charge in [-0.15, -0.1) is 0 Å². The molecule has 0 fully saturated rings. The topological polar surface area (TPSA) is 27.1 Å². The monoisotopic (exact) mass is 154 g/mol. The highest BCUT2D eigenvalue weighted by atomic mass is 16.5. The molecule has 0 radical (unpaired) electrons. The molecule has 0 amide bonds. The van der Waals surface area contributed by atoms with Crippen LogP contribution in [0, 0.1) is 6.92 Å². The van der Waals surface area contributed by atoms with E-state index in [4.69, 9.17) is 4.74 Å². The molecule has 11 heavy (non-hydrogen) atoms. The minimum absolute atomic E-state index is 0.0497. The molecule has 0 unspecified atom stereocenters. The van der Waals surface area contributed by atoms with Gasteiger partial charge in [-0.2, -0.15) is 5.10 Å². The molecular weight excluding hydrogens is 140 g/mol. The molecule has 0 spiro atoms. The van der Waals surface area contributed by atoms with Gasteiger partial charge in [0, 0.05) is 12.8 Å². The van der Waals surface area contributed by atoms with Gasteiger partial charge < -0.3 is 4.74 Å². The summed E-state index contributed by atoms with van der Waals surface area (Å²) in [6, 6.07) is 0. The Morgan fingerprint density at radius 2 is 2.45 bits per heavy atom. The minimum Gasteiger partial charge on any atom is -0.357 e. The second-order valence-corrected chi connectivity index (χ2v) is 2.55. The maximum absolute atomic E-state index is 5.34. The summed E-state index contributed by atoms with van der Waals surface area (Å²) in [7, 11) is 0. The molecule has 0 saturated heterocycles. The predicted octanol–water partition coefficient (Wildman–Crippen LogP) is 1.75. The van der Waals surface area contributed by atoms with Crippen LogP contribution in [-0.4, -0.2) is 16.4 Å². The zero-order valence-electron chi connectivity index (χ0n) is 7.24. The molecule has 1 atom stereocenters. The summed E-state index contributed by atoms with van der Waals surface area (Å²) in [5.41, 5.74) is 1.16. The van der Waals surface area contributed by atoms with Crippen molar-refractivity contribution < 1.29 is 4.74 Å². The van der Waals surface area contributed by atoms with Crippen molar-refractivity contribution in [2.45, 2.75) is 27.0 Å². The van der Waals surface area contributed by atoms with Crippen LogP contribution < -0.4 is 0 Å². The molecule has 1 heterocycles. The van der Waals surface area contributed by atoms with Crippen LogP contribution in [0.4, 0.5) is 0 Å². The molecule has 3 nitrogen and oxygen atoms in total. The standard InChI is InChI=1S/C8H14N2O/c1-4-11-8(3)10-6-7(2)5-9-10/h5-6,8H,4H2,1-3H3/t8-/m0/s1. The van der Waals surface area contributed by atoms with Gasteiger partial charge in [0.15, 0.2) is 0 Å². The van der Waals surface area contributed by atoms with Crippen LogP contribution in [0.1, 0.15) is 25.6 Å². The Labute approximate surface area is 67.0 Å². The Kier molecular flexibility index (Phi) is 2.65. The lowest BCUT2D eigenvalue weighted by atomic mass is 10.4. The van der Waals surface area contributed by atoms with Crippen molar-refractivity contribution in [3.8, 4) is 0 Å². The first-order chi connectivity index (χ1) is 5.24. The maximum Gasteiger partial charge on any atom is 0.147 e. The van der Waals surface area contributed by atoms with E-state index >= 15 is 0 Å². The van der Waals surface area contributed by atoms with E-state index in [9.17, 15) is 0 Å². The van der Waals surface area contributed by atoms with Gasteiger partial charge in [0.25, 0.3) is 0 Å². The lowest BCUT2D eigenvalue weighted by Gasteiger charge is -2.10. The SMILES string of the molecule is CCO[C@@H](C)n1cc(C)cn1.